The van der Waals surface area contributed by atoms with Crippen molar-refractivity contribution in [3.05, 3.63) is 89.1 Å². The molecule has 3 aromatic carbocycles. The fraction of sp³-hybridized carbons (Fsp3) is 0.0833. The van der Waals surface area contributed by atoms with E-state index in [2.05, 4.69) is 93.7 Å². The van der Waals surface area contributed by atoms with Gasteiger partial charge >= 0.3 is 0 Å². The van der Waals surface area contributed by atoms with Crippen LogP contribution in [-0.2, 0) is 0 Å². The molecule has 0 fully saturated rings. The van der Waals surface area contributed by atoms with Gasteiger partial charge in [0.25, 0.3) is 0 Å². The molecule has 32 heavy (non-hydrogen) atoms. The molecule has 0 aliphatic carbocycles. The second kappa shape index (κ2) is 8.86. The predicted molar refractivity (Wildman–Crippen MR) is 161 cm³/mol. The van der Waals surface area contributed by atoms with Crippen LogP contribution in [0.4, 0.5) is 0 Å². The second-order valence-corrected chi connectivity index (χ2v) is 17.1. The van der Waals surface area contributed by atoms with Crippen LogP contribution in [0.5, 0.6) is 0 Å². The summed E-state index contributed by atoms with van der Waals surface area (Å²) in [7, 11) is 0. The zero-order valence-corrected chi connectivity index (χ0v) is 22.9. The van der Waals surface area contributed by atoms with Crippen molar-refractivity contribution >= 4 is 124 Å². The highest BCUT2D eigenvalue weighted by Crippen LogP contribution is 2.67. The van der Waals surface area contributed by atoms with E-state index in [-0.39, 0.29) is 0 Å². The highest BCUT2D eigenvalue weighted by atomic mass is 32.3. The molecular formula is C24H14S8. The monoisotopic (exact) mass is 558 g/mol. The van der Waals surface area contributed by atoms with Crippen LogP contribution in [0.25, 0.3) is 30.0 Å². The van der Waals surface area contributed by atoms with E-state index in [1.54, 1.807) is 0 Å². The predicted octanol–water partition coefficient (Wildman–Crippen LogP) is 8.77. The van der Waals surface area contributed by atoms with Crippen LogP contribution in [0.3, 0.4) is 0 Å². The van der Waals surface area contributed by atoms with Gasteiger partial charge in [-0.2, -0.15) is 0 Å². The molecule has 0 nitrogen and oxygen atoms in total. The Labute approximate surface area is 220 Å². The Balaban J connectivity index is 1.42. The summed E-state index contributed by atoms with van der Waals surface area (Å²) in [5.74, 6) is 0. The summed E-state index contributed by atoms with van der Waals surface area (Å²) in [6.07, 6.45) is 0. The molecule has 0 bridgehead atoms. The average molecular weight is 559 g/mol. The molecule has 0 saturated heterocycles. The van der Waals surface area contributed by atoms with Gasteiger partial charge in [0.15, 0.2) is 0 Å². The van der Waals surface area contributed by atoms with Crippen molar-refractivity contribution < 1.29 is 0 Å². The minimum Gasteiger partial charge on any atom is -0.117 e. The van der Waals surface area contributed by atoms with Crippen LogP contribution < -0.4 is 10.4 Å². The normalized spacial score (nSPS) is 21.2. The fourth-order valence-corrected chi connectivity index (χ4v) is 15.9. The lowest BCUT2D eigenvalue weighted by atomic mass is 9.99. The zero-order chi connectivity index (χ0) is 21.1. The smallest absolute Gasteiger partial charge is 0.0824 e. The Morgan fingerprint density at radius 2 is 0.938 bits per heavy atom. The standard InChI is InChI=1S/C24H14S8/c1-3-7-15-13(5-1)17(19-25-9-10-26-19)14-6-2-4-8-16(14)18(15)20-29-23-24(30-20)32-22(31-23)21-27-11-12-28-21/h1-12,21-22H. The third kappa shape index (κ3) is 3.56. The molecular weight excluding hydrogens is 545 g/mol. The van der Waals surface area contributed by atoms with Crippen LogP contribution in [0, 0.1) is 0 Å². The van der Waals surface area contributed by atoms with E-state index in [4.69, 9.17) is 0 Å². The number of benzene rings is 3. The van der Waals surface area contributed by atoms with Gasteiger partial charge in [-0.25, -0.2) is 0 Å². The van der Waals surface area contributed by atoms with Crippen molar-refractivity contribution in [2.75, 3.05) is 0 Å². The van der Waals surface area contributed by atoms with E-state index in [0.717, 1.165) is 0 Å². The first-order valence-corrected chi connectivity index (χ1v) is 17.0. The Morgan fingerprint density at radius 3 is 1.44 bits per heavy atom. The lowest BCUT2D eigenvalue weighted by Crippen LogP contribution is -2.16. The lowest BCUT2D eigenvalue weighted by Gasteiger charge is -2.17. The molecule has 3 aromatic rings. The Kier molecular flexibility index (Phi) is 5.88. The number of rotatable bonds is 1. The van der Waals surface area contributed by atoms with Crippen LogP contribution >= 0.6 is 94.1 Å². The molecule has 4 aliphatic rings. The summed E-state index contributed by atoms with van der Waals surface area (Å²) in [5.41, 5.74) is 0. The molecule has 7 rings (SSSR count). The van der Waals surface area contributed by atoms with Crippen molar-refractivity contribution in [1.82, 2.24) is 0 Å². The van der Waals surface area contributed by atoms with E-state index in [0.29, 0.717) is 9.16 Å². The molecule has 0 unspecified atom stereocenters. The van der Waals surface area contributed by atoms with E-state index in [1.807, 2.05) is 70.6 Å². The third-order valence-corrected chi connectivity index (χ3v) is 16.8. The van der Waals surface area contributed by atoms with E-state index >= 15 is 0 Å². The molecule has 0 radical (unpaired) electrons. The lowest BCUT2D eigenvalue weighted by molar-refractivity contribution is 1.39. The number of hydrogen-bond acceptors (Lipinski definition) is 8. The quantitative estimate of drug-likeness (QED) is 0.268. The molecule has 0 saturated carbocycles. The van der Waals surface area contributed by atoms with Gasteiger partial charge in [-0.15, -0.1) is 47.0 Å². The summed E-state index contributed by atoms with van der Waals surface area (Å²) in [6.45, 7) is 0. The van der Waals surface area contributed by atoms with E-state index in [1.165, 1.54) is 48.9 Å². The summed E-state index contributed by atoms with van der Waals surface area (Å²) >= 11 is 15.8. The van der Waals surface area contributed by atoms with Gasteiger partial charge in [-0.1, -0.05) is 95.6 Å². The molecule has 4 heterocycles. The zero-order valence-electron chi connectivity index (χ0n) is 16.3. The number of thioether (sulfide) groups is 8. The van der Waals surface area contributed by atoms with Gasteiger partial charge < -0.3 is 0 Å². The average Bonchev–Trinajstić information content (AvgIpc) is 3.61. The van der Waals surface area contributed by atoms with Crippen LogP contribution in [0.15, 0.2) is 78.6 Å². The maximum Gasteiger partial charge on any atom is 0.0824 e. The number of hydrogen-bond donors (Lipinski definition) is 0. The van der Waals surface area contributed by atoms with Crippen molar-refractivity contribution in [2.24, 2.45) is 0 Å². The Hall–Kier alpha value is -0.0600. The van der Waals surface area contributed by atoms with Crippen LogP contribution in [0.1, 0.15) is 0 Å². The van der Waals surface area contributed by atoms with E-state index in [9.17, 15) is 0 Å². The first-order valence-electron chi connectivity index (χ1n) is 9.92. The van der Waals surface area contributed by atoms with Crippen molar-refractivity contribution in [1.29, 1.82) is 0 Å². The highest BCUT2D eigenvalue weighted by molar-refractivity contribution is 8.50. The summed E-state index contributed by atoms with van der Waals surface area (Å²) in [4.78, 5) is 0. The molecule has 0 amide bonds. The van der Waals surface area contributed by atoms with Crippen LogP contribution in [0.2, 0.25) is 0 Å². The highest BCUT2D eigenvalue weighted by Gasteiger charge is 2.38. The molecule has 0 atom stereocenters. The van der Waals surface area contributed by atoms with Crippen molar-refractivity contribution in [3.63, 3.8) is 0 Å². The fourth-order valence-electron chi connectivity index (χ4n) is 4.14. The number of fused-ring (bicyclic) bond motifs is 2. The molecule has 0 aromatic heterocycles. The van der Waals surface area contributed by atoms with Gasteiger partial charge in [0.2, 0.25) is 0 Å². The Bertz CT molecular complexity index is 1400. The summed E-state index contributed by atoms with van der Waals surface area (Å²) in [6, 6.07) is 18.0. The topological polar surface area (TPSA) is 0 Å². The summed E-state index contributed by atoms with van der Waals surface area (Å²) in [5, 5.41) is 17.2. The first-order chi connectivity index (χ1) is 15.9. The molecule has 0 N–H and O–H groups in total. The first kappa shape index (κ1) is 21.2. The van der Waals surface area contributed by atoms with Crippen molar-refractivity contribution in [3.8, 4) is 0 Å². The summed E-state index contributed by atoms with van der Waals surface area (Å²) < 4.78 is 7.08. The second-order valence-electron chi connectivity index (χ2n) is 7.22. The Morgan fingerprint density at radius 1 is 0.469 bits per heavy atom. The SMILES string of the molecule is C1=CSC(=c2c3ccccc3c(=C3SC4=C(S3)SC(C3SC=CS3)S4)c3ccccc23)S1. The largest absolute Gasteiger partial charge is 0.117 e. The molecule has 158 valence electrons. The van der Waals surface area contributed by atoms with Gasteiger partial charge in [0, 0.05) is 10.4 Å². The van der Waals surface area contributed by atoms with Crippen LogP contribution in [-0.4, -0.2) is 9.16 Å². The van der Waals surface area contributed by atoms with E-state index < -0.39 is 0 Å². The molecule has 4 aliphatic heterocycles. The van der Waals surface area contributed by atoms with Gasteiger partial charge in [-0.3, -0.25) is 0 Å². The van der Waals surface area contributed by atoms with Crippen molar-refractivity contribution in [2.45, 2.75) is 9.16 Å². The van der Waals surface area contributed by atoms with Gasteiger partial charge in [-0.05, 0) is 43.2 Å². The molecule has 0 spiro atoms. The van der Waals surface area contributed by atoms with Gasteiger partial charge in [0.1, 0.15) is 0 Å². The molecule has 8 heteroatoms. The maximum atomic E-state index is 2.32. The maximum absolute atomic E-state index is 2.32. The third-order valence-electron chi connectivity index (χ3n) is 5.43. The minimum absolute atomic E-state index is 0.614. The minimum atomic E-state index is 0.614. The van der Waals surface area contributed by atoms with Gasteiger partial charge in [0.05, 0.1) is 26.1 Å².